The molecule has 4 heteroatoms. The summed E-state index contributed by atoms with van der Waals surface area (Å²) in [7, 11) is 1.65. The zero-order valence-electron chi connectivity index (χ0n) is 19.0. The zero-order chi connectivity index (χ0) is 22.5. The number of methoxy groups -OCH3 is 1. The molecular formula is C28H33NO2S. The number of thiophene rings is 1. The van der Waals surface area contributed by atoms with Crippen LogP contribution in [-0.4, -0.2) is 23.7 Å². The van der Waals surface area contributed by atoms with Crippen LogP contribution in [0.25, 0.3) is 0 Å². The third-order valence-electron chi connectivity index (χ3n) is 6.37. The van der Waals surface area contributed by atoms with Gasteiger partial charge in [0.1, 0.15) is 11.5 Å². The maximum absolute atomic E-state index is 10.5. The van der Waals surface area contributed by atoms with E-state index in [9.17, 15) is 5.11 Å². The molecule has 3 nitrogen and oxygen atoms in total. The lowest BCUT2D eigenvalue weighted by Gasteiger charge is -2.35. The summed E-state index contributed by atoms with van der Waals surface area (Å²) in [5.41, 5.74) is 4.98. The molecule has 0 spiro atoms. The third-order valence-corrected chi connectivity index (χ3v) is 7.61. The molecule has 2 aromatic rings. The molecule has 1 aliphatic heterocycles. The Hall–Kier alpha value is -2.56. The van der Waals surface area contributed by atoms with E-state index in [0.29, 0.717) is 5.76 Å². The van der Waals surface area contributed by atoms with Crippen LogP contribution < -0.4 is 0 Å². The first kappa shape index (κ1) is 22.6. The van der Waals surface area contributed by atoms with Gasteiger partial charge in [0.15, 0.2) is 0 Å². The van der Waals surface area contributed by atoms with Gasteiger partial charge in [0.25, 0.3) is 0 Å². The number of ether oxygens (including phenoxy) is 1. The molecule has 1 unspecified atom stereocenters. The molecule has 1 aromatic heterocycles. The highest BCUT2D eigenvalue weighted by molar-refractivity contribution is 7.12. The predicted molar refractivity (Wildman–Crippen MR) is 134 cm³/mol. The summed E-state index contributed by atoms with van der Waals surface area (Å²) >= 11 is 1.93. The first-order valence-corrected chi connectivity index (χ1v) is 12.2. The van der Waals surface area contributed by atoms with Gasteiger partial charge in [0, 0.05) is 34.8 Å². The number of rotatable bonds is 9. The van der Waals surface area contributed by atoms with Gasteiger partial charge in [-0.25, -0.2) is 0 Å². The van der Waals surface area contributed by atoms with Crippen LogP contribution in [0.5, 0.6) is 5.75 Å². The Labute approximate surface area is 196 Å². The fourth-order valence-corrected chi connectivity index (χ4v) is 5.88. The van der Waals surface area contributed by atoms with Gasteiger partial charge in [-0.05, 0) is 49.8 Å². The number of hydrogen-bond acceptors (Lipinski definition) is 4. The minimum atomic E-state index is -0.163. The van der Waals surface area contributed by atoms with Crippen molar-refractivity contribution in [2.45, 2.75) is 51.1 Å². The van der Waals surface area contributed by atoms with E-state index in [1.165, 1.54) is 39.3 Å². The van der Waals surface area contributed by atoms with Crippen molar-refractivity contribution in [1.29, 1.82) is 0 Å². The van der Waals surface area contributed by atoms with Crippen molar-refractivity contribution in [3.63, 3.8) is 0 Å². The molecule has 2 heterocycles. The Morgan fingerprint density at radius 1 is 1.25 bits per heavy atom. The van der Waals surface area contributed by atoms with E-state index in [0.717, 1.165) is 44.3 Å². The van der Waals surface area contributed by atoms with Gasteiger partial charge in [-0.3, -0.25) is 4.90 Å². The highest BCUT2D eigenvalue weighted by atomic mass is 32.1. The van der Waals surface area contributed by atoms with E-state index in [2.05, 4.69) is 42.4 Å². The molecule has 0 amide bonds. The molecule has 1 N–H and O–H groups in total. The van der Waals surface area contributed by atoms with Gasteiger partial charge < -0.3 is 9.84 Å². The van der Waals surface area contributed by atoms with Crippen LogP contribution >= 0.6 is 11.3 Å². The topological polar surface area (TPSA) is 32.7 Å². The number of phenolic OH excluding ortho intramolecular Hbond substituents is 1. The molecule has 2 aliphatic rings. The van der Waals surface area contributed by atoms with E-state index >= 15 is 0 Å². The van der Waals surface area contributed by atoms with E-state index < -0.39 is 0 Å². The molecule has 0 radical (unpaired) electrons. The number of para-hydroxylation sites is 1. The number of aromatic hydroxyl groups is 1. The molecule has 0 fully saturated rings. The SMILES string of the molecule is C=C(CCC1=CCCC=C1)Cc1cc2c(s1)CCN(C(C(=C)OC)c1ccccc1O)C2. The number of hydrogen-bond donors (Lipinski definition) is 1. The Bertz CT molecular complexity index is 1050. The highest BCUT2D eigenvalue weighted by Gasteiger charge is 2.30. The Balaban J connectivity index is 1.43. The first-order valence-electron chi connectivity index (χ1n) is 11.4. The lowest BCUT2D eigenvalue weighted by Crippen LogP contribution is -2.34. The molecule has 168 valence electrons. The van der Waals surface area contributed by atoms with Gasteiger partial charge >= 0.3 is 0 Å². The number of nitrogens with zero attached hydrogens (tertiary/aromatic N) is 1. The minimum absolute atomic E-state index is 0.163. The predicted octanol–water partition coefficient (Wildman–Crippen LogP) is 6.87. The van der Waals surface area contributed by atoms with Crippen LogP contribution in [0.15, 0.2) is 78.6 Å². The minimum Gasteiger partial charge on any atom is -0.508 e. The molecular weight excluding hydrogens is 414 g/mol. The van der Waals surface area contributed by atoms with Crippen LogP contribution in [0, 0.1) is 0 Å². The van der Waals surface area contributed by atoms with Crippen molar-refractivity contribution in [2.24, 2.45) is 0 Å². The first-order chi connectivity index (χ1) is 15.5. The van der Waals surface area contributed by atoms with Crippen molar-refractivity contribution < 1.29 is 9.84 Å². The molecule has 1 aliphatic carbocycles. The largest absolute Gasteiger partial charge is 0.508 e. The molecule has 32 heavy (non-hydrogen) atoms. The van der Waals surface area contributed by atoms with Crippen LogP contribution in [0.4, 0.5) is 0 Å². The lowest BCUT2D eigenvalue weighted by atomic mass is 9.98. The quantitative estimate of drug-likeness (QED) is 0.336. The van der Waals surface area contributed by atoms with Crippen molar-refractivity contribution in [3.8, 4) is 5.75 Å². The van der Waals surface area contributed by atoms with Crippen molar-refractivity contribution in [3.05, 3.63) is 99.5 Å². The maximum atomic E-state index is 10.5. The summed E-state index contributed by atoms with van der Waals surface area (Å²) in [5.74, 6) is 0.941. The van der Waals surface area contributed by atoms with Gasteiger partial charge in [-0.1, -0.05) is 60.7 Å². The normalized spacial score (nSPS) is 16.8. The smallest absolute Gasteiger partial charge is 0.120 e. The summed E-state index contributed by atoms with van der Waals surface area (Å²) in [6.45, 7) is 10.2. The average molecular weight is 448 g/mol. The zero-order valence-corrected chi connectivity index (χ0v) is 19.8. The summed E-state index contributed by atoms with van der Waals surface area (Å²) in [6.07, 6.45) is 13.4. The van der Waals surface area contributed by atoms with Crippen LogP contribution in [0.1, 0.15) is 52.6 Å². The summed E-state index contributed by atoms with van der Waals surface area (Å²) in [5, 5.41) is 10.5. The molecule has 0 saturated carbocycles. The number of allylic oxidation sites excluding steroid dienone is 5. The molecule has 0 bridgehead atoms. The fraction of sp³-hybridized carbons (Fsp3) is 0.357. The van der Waals surface area contributed by atoms with Crippen molar-refractivity contribution in [2.75, 3.05) is 13.7 Å². The third kappa shape index (κ3) is 5.25. The van der Waals surface area contributed by atoms with Gasteiger partial charge in [-0.15, -0.1) is 11.3 Å². The molecule has 1 atom stereocenters. The second kappa shape index (κ2) is 10.4. The second-order valence-corrected chi connectivity index (χ2v) is 9.92. The Morgan fingerprint density at radius 3 is 2.84 bits per heavy atom. The molecule has 1 aromatic carbocycles. The summed E-state index contributed by atoms with van der Waals surface area (Å²) < 4.78 is 5.53. The molecule has 4 rings (SSSR count). The van der Waals surface area contributed by atoms with Gasteiger partial charge in [0.05, 0.1) is 13.2 Å². The van der Waals surface area contributed by atoms with Crippen molar-refractivity contribution in [1.82, 2.24) is 4.90 Å². The number of benzene rings is 1. The highest BCUT2D eigenvalue weighted by Crippen LogP contribution is 2.38. The Morgan fingerprint density at radius 2 is 2.09 bits per heavy atom. The fourth-order valence-electron chi connectivity index (χ4n) is 4.64. The van der Waals surface area contributed by atoms with E-state index in [1.807, 2.05) is 29.5 Å². The molecule has 0 saturated heterocycles. The number of fused-ring (bicyclic) bond motifs is 1. The van der Waals surface area contributed by atoms with E-state index in [-0.39, 0.29) is 11.8 Å². The average Bonchev–Trinajstić information content (AvgIpc) is 3.21. The number of phenols is 1. The maximum Gasteiger partial charge on any atom is 0.120 e. The lowest BCUT2D eigenvalue weighted by molar-refractivity contribution is 0.138. The van der Waals surface area contributed by atoms with E-state index in [1.54, 1.807) is 13.2 Å². The monoisotopic (exact) mass is 447 g/mol. The van der Waals surface area contributed by atoms with Crippen molar-refractivity contribution >= 4 is 11.3 Å². The van der Waals surface area contributed by atoms with Gasteiger partial charge in [-0.2, -0.15) is 0 Å². The summed E-state index contributed by atoms with van der Waals surface area (Å²) in [6, 6.07) is 9.68. The Kier molecular flexibility index (Phi) is 7.33. The van der Waals surface area contributed by atoms with Crippen LogP contribution in [0.3, 0.4) is 0 Å². The van der Waals surface area contributed by atoms with Crippen LogP contribution in [-0.2, 0) is 24.1 Å². The standard InChI is InChI=1S/C28H33NO2S/c1-20(13-14-22-9-5-4-6-10-22)17-24-18-23-19-29(16-15-27(23)32-24)28(21(2)31-3)25-11-7-8-12-26(25)30/h5,7-12,18,28,30H,1-2,4,6,13-17,19H2,3H3. The van der Waals surface area contributed by atoms with Gasteiger partial charge in [0.2, 0.25) is 0 Å². The van der Waals surface area contributed by atoms with Crippen LogP contribution in [0.2, 0.25) is 0 Å². The second-order valence-electron chi connectivity index (χ2n) is 8.70. The van der Waals surface area contributed by atoms with E-state index in [4.69, 9.17) is 4.74 Å². The summed E-state index contributed by atoms with van der Waals surface area (Å²) in [4.78, 5) is 5.23.